The molecule has 1 aliphatic heterocycles. The molecule has 3 rings (SSSR count). The van der Waals surface area contributed by atoms with E-state index >= 15 is 0 Å². The molecule has 0 bridgehead atoms. The largest absolute Gasteiger partial charge is 0.353 e. The van der Waals surface area contributed by atoms with Gasteiger partial charge in [-0.15, -0.1) is 0 Å². The van der Waals surface area contributed by atoms with Gasteiger partial charge in [-0.3, -0.25) is 0 Å². The van der Waals surface area contributed by atoms with Crippen molar-refractivity contribution in [3.8, 4) is 0 Å². The van der Waals surface area contributed by atoms with Gasteiger partial charge in [0.05, 0.1) is 5.69 Å². The van der Waals surface area contributed by atoms with Gasteiger partial charge in [0.1, 0.15) is 5.84 Å². The number of halogens is 1. The molecule has 0 amide bonds. The molecule has 1 aliphatic rings. The average molecular weight is 358 g/mol. The Hall–Kier alpha value is -1.65. The molecule has 1 atom stereocenters. The minimum absolute atomic E-state index is 0.479. The zero-order valence-electron chi connectivity index (χ0n) is 12.7. The normalized spacial score (nSPS) is 19.3. The smallest absolute Gasteiger partial charge is 0.136 e. The van der Waals surface area contributed by atoms with Crippen molar-refractivity contribution in [2.75, 3.05) is 19.6 Å². The molecular weight excluding hydrogens is 338 g/mol. The van der Waals surface area contributed by atoms with Crippen LogP contribution in [0.25, 0.3) is 0 Å². The Morgan fingerprint density at radius 2 is 1.86 bits per heavy atom. The number of rotatable bonds is 2. The highest BCUT2D eigenvalue weighted by molar-refractivity contribution is 9.10. The summed E-state index contributed by atoms with van der Waals surface area (Å²) in [6, 6.07) is 19.1. The summed E-state index contributed by atoms with van der Waals surface area (Å²) in [6.07, 6.45) is 0. The molecule has 1 fully saturated rings. The molecule has 3 nitrogen and oxygen atoms in total. The van der Waals surface area contributed by atoms with Crippen molar-refractivity contribution in [2.45, 2.75) is 13.0 Å². The second-order valence-electron chi connectivity index (χ2n) is 5.58. The number of nitrogens with zero attached hydrogens (tertiary/aromatic N) is 2. The molecule has 0 radical (unpaired) electrons. The van der Waals surface area contributed by atoms with E-state index in [1.54, 1.807) is 0 Å². The van der Waals surface area contributed by atoms with Gasteiger partial charge in [-0.1, -0.05) is 46.3 Å². The molecule has 0 spiro atoms. The summed E-state index contributed by atoms with van der Waals surface area (Å²) >= 11 is 3.47. The quantitative estimate of drug-likeness (QED) is 0.653. The van der Waals surface area contributed by atoms with Gasteiger partial charge in [-0.25, -0.2) is 4.99 Å². The molecule has 114 valence electrons. The van der Waals surface area contributed by atoms with Crippen LogP contribution in [-0.4, -0.2) is 36.4 Å². The summed E-state index contributed by atoms with van der Waals surface area (Å²) in [6.45, 7) is 5.17. The van der Waals surface area contributed by atoms with Gasteiger partial charge in [0.2, 0.25) is 0 Å². The zero-order chi connectivity index (χ0) is 15.4. The van der Waals surface area contributed by atoms with Crippen LogP contribution in [0.2, 0.25) is 0 Å². The summed E-state index contributed by atoms with van der Waals surface area (Å²) < 4.78 is 1.07. The standard InChI is InChI=1S/C18H20BrN3/c1-14-13-22(12-11-20-14)18(15-5-3-2-4-6-15)21-17-9-7-16(19)8-10-17/h2-10,14,20H,11-13H2,1H3. The third kappa shape index (κ3) is 3.76. The van der Waals surface area contributed by atoms with Crippen LogP contribution in [0.5, 0.6) is 0 Å². The van der Waals surface area contributed by atoms with Crippen molar-refractivity contribution in [1.82, 2.24) is 10.2 Å². The van der Waals surface area contributed by atoms with E-state index in [0.29, 0.717) is 6.04 Å². The molecule has 2 aromatic rings. The fourth-order valence-electron chi connectivity index (χ4n) is 2.67. The minimum atomic E-state index is 0.479. The van der Waals surface area contributed by atoms with E-state index in [0.717, 1.165) is 35.6 Å². The highest BCUT2D eigenvalue weighted by atomic mass is 79.9. The summed E-state index contributed by atoms with van der Waals surface area (Å²) in [5.74, 6) is 1.05. The van der Waals surface area contributed by atoms with Gasteiger partial charge in [0.15, 0.2) is 0 Å². The first kappa shape index (κ1) is 15.3. The molecule has 1 N–H and O–H groups in total. The molecule has 0 saturated carbocycles. The van der Waals surface area contributed by atoms with Crippen molar-refractivity contribution in [3.63, 3.8) is 0 Å². The summed E-state index contributed by atoms with van der Waals surface area (Å²) in [7, 11) is 0. The van der Waals surface area contributed by atoms with E-state index in [1.807, 2.05) is 30.3 Å². The Balaban J connectivity index is 1.97. The fraction of sp³-hybridized carbons (Fsp3) is 0.278. The number of aliphatic imine (C=N–C) groups is 1. The van der Waals surface area contributed by atoms with E-state index in [9.17, 15) is 0 Å². The van der Waals surface area contributed by atoms with Crippen molar-refractivity contribution < 1.29 is 0 Å². The molecule has 22 heavy (non-hydrogen) atoms. The lowest BCUT2D eigenvalue weighted by molar-refractivity contribution is 0.304. The van der Waals surface area contributed by atoms with E-state index in [1.165, 1.54) is 5.56 Å². The fourth-order valence-corrected chi connectivity index (χ4v) is 2.93. The van der Waals surface area contributed by atoms with Gasteiger partial charge in [0.25, 0.3) is 0 Å². The SMILES string of the molecule is CC1CN(C(=Nc2ccc(Br)cc2)c2ccccc2)CCN1. The van der Waals surface area contributed by atoms with E-state index in [4.69, 9.17) is 4.99 Å². The first-order chi connectivity index (χ1) is 10.7. The second kappa shape index (κ2) is 7.07. The Labute approximate surface area is 140 Å². The van der Waals surface area contributed by atoms with Crippen LogP contribution in [0.3, 0.4) is 0 Å². The monoisotopic (exact) mass is 357 g/mol. The maximum atomic E-state index is 4.92. The molecule has 2 aromatic carbocycles. The van der Waals surface area contributed by atoms with E-state index in [-0.39, 0.29) is 0 Å². The van der Waals surface area contributed by atoms with Gasteiger partial charge in [-0.2, -0.15) is 0 Å². The first-order valence-electron chi connectivity index (χ1n) is 7.60. The van der Waals surface area contributed by atoms with Crippen LogP contribution < -0.4 is 5.32 Å². The number of hydrogen-bond donors (Lipinski definition) is 1. The number of piperazine rings is 1. The molecular formula is C18H20BrN3. The van der Waals surface area contributed by atoms with E-state index in [2.05, 4.69) is 57.3 Å². The number of benzene rings is 2. The van der Waals surface area contributed by atoms with E-state index < -0.39 is 0 Å². The summed E-state index contributed by atoms with van der Waals surface area (Å²) in [4.78, 5) is 7.30. The molecule has 1 unspecified atom stereocenters. The van der Waals surface area contributed by atoms with Crippen LogP contribution in [0.4, 0.5) is 5.69 Å². The predicted molar refractivity (Wildman–Crippen MR) is 95.8 cm³/mol. The van der Waals surface area contributed by atoms with Gasteiger partial charge >= 0.3 is 0 Å². The number of amidine groups is 1. The van der Waals surface area contributed by atoms with Crippen molar-refractivity contribution >= 4 is 27.5 Å². The van der Waals surface area contributed by atoms with Crippen molar-refractivity contribution in [3.05, 3.63) is 64.6 Å². The highest BCUT2D eigenvalue weighted by Crippen LogP contribution is 2.20. The Kier molecular flexibility index (Phi) is 4.90. The second-order valence-corrected chi connectivity index (χ2v) is 6.49. The maximum absolute atomic E-state index is 4.92. The summed E-state index contributed by atoms with van der Waals surface area (Å²) in [5, 5.41) is 3.49. The van der Waals surface area contributed by atoms with Crippen LogP contribution >= 0.6 is 15.9 Å². The Bertz CT molecular complexity index is 637. The Morgan fingerprint density at radius 1 is 1.14 bits per heavy atom. The highest BCUT2D eigenvalue weighted by Gasteiger charge is 2.20. The molecule has 0 aliphatic carbocycles. The molecule has 1 heterocycles. The van der Waals surface area contributed by atoms with Gasteiger partial charge < -0.3 is 10.2 Å². The van der Waals surface area contributed by atoms with Crippen molar-refractivity contribution in [2.24, 2.45) is 4.99 Å². The minimum Gasteiger partial charge on any atom is -0.353 e. The topological polar surface area (TPSA) is 27.6 Å². The predicted octanol–water partition coefficient (Wildman–Crippen LogP) is 3.82. The van der Waals surface area contributed by atoms with Crippen molar-refractivity contribution in [1.29, 1.82) is 0 Å². The van der Waals surface area contributed by atoms with Crippen LogP contribution in [0.15, 0.2) is 64.1 Å². The van der Waals surface area contributed by atoms with Gasteiger partial charge in [0, 0.05) is 35.7 Å². The van der Waals surface area contributed by atoms with Gasteiger partial charge in [-0.05, 0) is 31.2 Å². The number of nitrogens with one attached hydrogen (secondary N) is 1. The molecule has 4 heteroatoms. The van der Waals surface area contributed by atoms with Crippen LogP contribution in [-0.2, 0) is 0 Å². The Morgan fingerprint density at radius 3 is 2.55 bits per heavy atom. The van der Waals surface area contributed by atoms with Crippen LogP contribution in [0.1, 0.15) is 12.5 Å². The summed E-state index contributed by atoms with van der Waals surface area (Å²) in [5.41, 5.74) is 2.15. The lowest BCUT2D eigenvalue weighted by atomic mass is 10.1. The third-order valence-corrected chi connectivity index (χ3v) is 4.29. The first-order valence-corrected chi connectivity index (χ1v) is 8.40. The number of hydrogen-bond acceptors (Lipinski definition) is 2. The molecule has 1 saturated heterocycles. The average Bonchev–Trinajstić information content (AvgIpc) is 2.55. The van der Waals surface area contributed by atoms with Crippen LogP contribution in [0, 0.1) is 0 Å². The zero-order valence-corrected chi connectivity index (χ0v) is 14.3. The third-order valence-electron chi connectivity index (χ3n) is 3.76. The maximum Gasteiger partial charge on any atom is 0.136 e. The molecule has 0 aromatic heterocycles. The lowest BCUT2D eigenvalue weighted by Crippen LogP contribution is -2.51. The lowest BCUT2D eigenvalue weighted by Gasteiger charge is -2.34.